The van der Waals surface area contributed by atoms with Crippen molar-refractivity contribution >= 4 is 17.9 Å². The van der Waals surface area contributed by atoms with Crippen molar-refractivity contribution in [2.45, 2.75) is 341 Å². The standard InChI is InChI=1S/C72H126O6/c1-4-7-10-13-16-18-20-22-24-26-28-30-31-32-33-34-35-36-37-38-39-40-41-43-44-46-48-50-52-54-56-59-62-65-71(74)77-68-69(67-76-70(73)64-61-58-15-12-9-6-3)78-72(75)66-63-60-57-55-53-51-49-47-45-42-29-27-25-23-21-19-17-14-11-8-5-2/h8,11,17,19-20,22-23,25-26,28-29,31-32,42,69H,4-7,9-10,12-16,18,21,24,27,30,33-41,43-68H2,1-3H3/b11-8-,19-17-,22-20-,25-23-,28-26-,32-31-,42-29-. The van der Waals surface area contributed by atoms with Crippen molar-refractivity contribution in [3.63, 3.8) is 0 Å². The smallest absolute Gasteiger partial charge is 0.306 e. The number of hydrogen-bond acceptors (Lipinski definition) is 6. The van der Waals surface area contributed by atoms with E-state index < -0.39 is 6.10 Å². The van der Waals surface area contributed by atoms with Gasteiger partial charge in [0.15, 0.2) is 6.10 Å². The van der Waals surface area contributed by atoms with Crippen molar-refractivity contribution in [3.05, 3.63) is 85.1 Å². The molecule has 0 aliphatic heterocycles. The van der Waals surface area contributed by atoms with E-state index in [0.29, 0.717) is 19.3 Å². The summed E-state index contributed by atoms with van der Waals surface area (Å²) in [6, 6.07) is 0. The van der Waals surface area contributed by atoms with Gasteiger partial charge < -0.3 is 14.2 Å². The van der Waals surface area contributed by atoms with E-state index in [1.54, 1.807) is 0 Å². The number of hydrogen-bond donors (Lipinski definition) is 0. The molecule has 1 atom stereocenters. The van der Waals surface area contributed by atoms with Gasteiger partial charge >= 0.3 is 17.9 Å². The van der Waals surface area contributed by atoms with Crippen molar-refractivity contribution < 1.29 is 28.6 Å². The van der Waals surface area contributed by atoms with E-state index in [1.165, 1.54) is 193 Å². The van der Waals surface area contributed by atoms with Gasteiger partial charge in [0.2, 0.25) is 0 Å². The summed E-state index contributed by atoms with van der Waals surface area (Å²) in [7, 11) is 0. The maximum absolute atomic E-state index is 12.8. The van der Waals surface area contributed by atoms with Gasteiger partial charge in [0.1, 0.15) is 13.2 Å². The van der Waals surface area contributed by atoms with Crippen LogP contribution in [-0.2, 0) is 28.6 Å². The van der Waals surface area contributed by atoms with Gasteiger partial charge in [-0.15, -0.1) is 0 Å². The minimum atomic E-state index is -0.777. The van der Waals surface area contributed by atoms with Crippen LogP contribution in [0.25, 0.3) is 0 Å². The normalized spacial score (nSPS) is 12.6. The first-order valence-electron chi connectivity index (χ1n) is 33.6. The number of esters is 3. The Morgan fingerprint density at radius 1 is 0.269 bits per heavy atom. The monoisotopic (exact) mass is 1090 g/mol. The zero-order valence-electron chi connectivity index (χ0n) is 51.7. The topological polar surface area (TPSA) is 78.9 Å². The largest absolute Gasteiger partial charge is 0.462 e. The van der Waals surface area contributed by atoms with Crippen LogP contribution >= 0.6 is 0 Å². The molecule has 78 heavy (non-hydrogen) atoms. The van der Waals surface area contributed by atoms with E-state index in [1.807, 2.05) is 0 Å². The average Bonchev–Trinajstić information content (AvgIpc) is 3.44. The van der Waals surface area contributed by atoms with Crippen LogP contribution < -0.4 is 0 Å². The quantitative estimate of drug-likeness (QED) is 0.0261. The van der Waals surface area contributed by atoms with Gasteiger partial charge in [-0.2, -0.15) is 0 Å². The van der Waals surface area contributed by atoms with E-state index in [9.17, 15) is 14.4 Å². The molecule has 0 aliphatic rings. The molecule has 0 rings (SSSR count). The van der Waals surface area contributed by atoms with Crippen LogP contribution in [-0.4, -0.2) is 37.2 Å². The lowest BCUT2D eigenvalue weighted by molar-refractivity contribution is -0.167. The van der Waals surface area contributed by atoms with Crippen LogP contribution in [0.4, 0.5) is 0 Å². The second-order valence-electron chi connectivity index (χ2n) is 22.4. The predicted octanol–water partition coefficient (Wildman–Crippen LogP) is 23.1. The number of ether oxygens (including phenoxy) is 3. The van der Waals surface area contributed by atoms with E-state index in [-0.39, 0.29) is 31.1 Å². The third-order valence-electron chi connectivity index (χ3n) is 14.6. The molecular weight excluding hydrogens is 961 g/mol. The maximum atomic E-state index is 12.8. The molecular formula is C72H126O6. The highest BCUT2D eigenvalue weighted by molar-refractivity contribution is 5.71. The van der Waals surface area contributed by atoms with Gasteiger partial charge in [-0.25, -0.2) is 0 Å². The Balaban J connectivity index is 4.00. The second kappa shape index (κ2) is 66.1. The Morgan fingerprint density at radius 3 is 0.782 bits per heavy atom. The molecule has 0 fully saturated rings. The lowest BCUT2D eigenvalue weighted by atomic mass is 10.0. The summed E-state index contributed by atoms with van der Waals surface area (Å²) < 4.78 is 16.8. The summed E-state index contributed by atoms with van der Waals surface area (Å²) in [6.07, 6.45) is 87.9. The molecule has 0 amide bonds. The molecule has 450 valence electrons. The van der Waals surface area contributed by atoms with Gasteiger partial charge in [-0.1, -0.05) is 305 Å². The third kappa shape index (κ3) is 63.4. The number of rotatable bonds is 61. The number of carbonyl (C=O) groups is 3. The fourth-order valence-corrected chi connectivity index (χ4v) is 9.62. The van der Waals surface area contributed by atoms with Crippen molar-refractivity contribution in [1.29, 1.82) is 0 Å². The van der Waals surface area contributed by atoms with E-state index in [4.69, 9.17) is 14.2 Å². The Kier molecular flexibility index (Phi) is 63.2. The molecule has 0 aromatic carbocycles. The Morgan fingerprint density at radius 2 is 0.500 bits per heavy atom. The minimum Gasteiger partial charge on any atom is -0.462 e. The van der Waals surface area contributed by atoms with Gasteiger partial charge in [0, 0.05) is 19.3 Å². The van der Waals surface area contributed by atoms with Crippen LogP contribution in [0.15, 0.2) is 85.1 Å². The molecule has 0 bridgehead atoms. The summed E-state index contributed by atoms with van der Waals surface area (Å²) in [6.45, 7) is 6.48. The van der Waals surface area contributed by atoms with Gasteiger partial charge in [0.05, 0.1) is 0 Å². The third-order valence-corrected chi connectivity index (χ3v) is 14.6. The molecule has 0 saturated heterocycles. The maximum Gasteiger partial charge on any atom is 0.306 e. The lowest BCUT2D eigenvalue weighted by Gasteiger charge is -2.18. The molecule has 0 saturated carbocycles. The fraction of sp³-hybridized carbons (Fsp3) is 0.764. The van der Waals surface area contributed by atoms with Gasteiger partial charge in [0.25, 0.3) is 0 Å². The molecule has 0 aromatic heterocycles. The summed E-state index contributed by atoms with van der Waals surface area (Å²) >= 11 is 0. The summed E-state index contributed by atoms with van der Waals surface area (Å²) in [5.41, 5.74) is 0. The highest BCUT2D eigenvalue weighted by Crippen LogP contribution is 2.17. The first-order chi connectivity index (χ1) is 38.5. The summed E-state index contributed by atoms with van der Waals surface area (Å²) in [5, 5.41) is 0. The number of allylic oxidation sites excluding steroid dienone is 14. The lowest BCUT2D eigenvalue weighted by Crippen LogP contribution is -2.30. The number of unbranched alkanes of at least 4 members (excludes halogenated alkanes) is 36. The van der Waals surface area contributed by atoms with E-state index >= 15 is 0 Å². The zero-order chi connectivity index (χ0) is 56.4. The highest BCUT2D eigenvalue weighted by atomic mass is 16.6. The average molecular weight is 1090 g/mol. The Hall–Kier alpha value is -3.41. The first kappa shape index (κ1) is 74.6. The van der Waals surface area contributed by atoms with Gasteiger partial charge in [-0.3, -0.25) is 14.4 Å². The van der Waals surface area contributed by atoms with Crippen molar-refractivity contribution in [3.8, 4) is 0 Å². The predicted molar refractivity (Wildman–Crippen MR) is 339 cm³/mol. The molecule has 0 heterocycles. The van der Waals surface area contributed by atoms with Gasteiger partial charge in [-0.05, 0) is 96.3 Å². The van der Waals surface area contributed by atoms with E-state index in [2.05, 4.69) is 106 Å². The molecule has 0 spiro atoms. The van der Waals surface area contributed by atoms with Crippen LogP contribution in [0.3, 0.4) is 0 Å². The van der Waals surface area contributed by atoms with Crippen molar-refractivity contribution in [2.75, 3.05) is 13.2 Å². The molecule has 0 aliphatic carbocycles. The molecule has 1 unspecified atom stereocenters. The minimum absolute atomic E-state index is 0.0767. The number of carbonyl (C=O) groups excluding carboxylic acids is 3. The fourth-order valence-electron chi connectivity index (χ4n) is 9.62. The summed E-state index contributed by atoms with van der Waals surface area (Å²) in [4.78, 5) is 38.0. The van der Waals surface area contributed by atoms with Crippen molar-refractivity contribution in [2.24, 2.45) is 0 Å². The molecule has 0 radical (unpaired) electrons. The second-order valence-corrected chi connectivity index (χ2v) is 22.4. The molecule has 6 nitrogen and oxygen atoms in total. The molecule has 6 heteroatoms. The van der Waals surface area contributed by atoms with Crippen LogP contribution in [0, 0.1) is 0 Å². The van der Waals surface area contributed by atoms with E-state index in [0.717, 1.165) is 103 Å². The SMILES string of the molecule is CC/C=C\C/C=C\C/C=C\C/C=C\CCCCCCCCCCC(=O)OC(COC(=O)CCCCCCCC)COC(=O)CCCCCCCCCCCCCCCCCCCC/C=C\C/C=C\C/C=C\CCCCCCC. The summed E-state index contributed by atoms with van der Waals surface area (Å²) in [5.74, 6) is -0.882. The Bertz CT molecular complexity index is 1480. The van der Waals surface area contributed by atoms with Crippen LogP contribution in [0.2, 0.25) is 0 Å². The van der Waals surface area contributed by atoms with Crippen LogP contribution in [0.5, 0.6) is 0 Å². The highest BCUT2D eigenvalue weighted by Gasteiger charge is 2.19. The molecule has 0 N–H and O–H groups in total. The zero-order valence-corrected chi connectivity index (χ0v) is 51.7. The first-order valence-corrected chi connectivity index (χ1v) is 33.6. The van der Waals surface area contributed by atoms with Crippen LogP contribution in [0.1, 0.15) is 335 Å². The van der Waals surface area contributed by atoms with Crippen molar-refractivity contribution in [1.82, 2.24) is 0 Å². The molecule has 0 aromatic rings. The Labute approximate surface area is 484 Å².